The number of aromatic amines is 1. The Bertz CT molecular complexity index is 1290. The third-order valence-corrected chi connectivity index (χ3v) is 6.89. The Balaban J connectivity index is 1.40. The van der Waals surface area contributed by atoms with E-state index in [-0.39, 0.29) is 24.3 Å². The van der Waals surface area contributed by atoms with E-state index in [1.807, 2.05) is 36.4 Å². The van der Waals surface area contributed by atoms with E-state index in [1.54, 1.807) is 40.1 Å². The molecule has 3 atom stereocenters. The zero-order valence-corrected chi connectivity index (χ0v) is 23.0. The van der Waals surface area contributed by atoms with Crippen LogP contribution < -0.4 is 10.6 Å². The largest absolute Gasteiger partial charge is 0.444 e. The molecule has 9 nitrogen and oxygen atoms in total. The number of nitrogens with one attached hydrogen (secondary N) is 3. The number of halogens is 1. The van der Waals surface area contributed by atoms with Crippen molar-refractivity contribution in [2.45, 2.75) is 64.3 Å². The van der Waals surface area contributed by atoms with Crippen molar-refractivity contribution in [3.63, 3.8) is 0 Å². The molecule has 10 heteroatoms. The van der Waals surface area contributed by atoms with E-state index in [1.165, 1.54) is 4.90 Å². The van der Waals surface area contributed by atoms with Crippen molar-refractivity contribution in [2.75, 3.05) is 6.54 Å². The molecule has 0 unspecified atom stereocenters. The number of pyridine rings is 1. The second-order valence-corrected chi connectivity index (χ2v) is 11.2. The quantitative estimate of drug-likeness (QED) is 0.410. The normalized spacial score (nSPS) is 18.5. The average Bonchev–Trinajstić information content (AvgIpc) is 3.47. The first-order valence-electron chi connectivity index (χ1n) is 12.3. The minimum Gasteiger partial charge on any atom is -0.444 e. The molecular formula is C27H32BrN5O4. The zero-order valence-electron chi connectivity index (χ0n) is 21.4. The van der Waals surface area contributed by atoms with Gasteiger partial charge in [0.25, 0.3) is 0 Å². The minimum absolute atomic E-state index is 0.00979. The van der Waals surface area contributed by atoms with E-state index < -0.39 is 23.8 Å². The minimum atomic E-state index is -0.790. The molecule has 1 aliphatic rings. The van der Waals surface area contributed by atoms with Gasteiger partial charge in [0.1, 0.15) is 17.7 Å². The van der Waals surface area contributed by atoms with Crippen LogP contribution in [-0.4, -0.2) is 57.0 Å². The number of aromatic nitrogens is 2. The summed E-state index contributed by atoms with van der Waals surface area (Å²) >= 11 is 3.47. The Morgan fingerprint density at radius 2 is 1.95 bits per heavy atom. The highest BCUT2D eigenvalue weighted by atomic mass is 79.9. The van der Waals surface area contributed by atoms with Crippen molar-refractivity contribution in [1.82, 2.24) is 25.5 Å². The van der Waals surface area contributed by atoms with E-state index in [9.17, 15) is 14.4 Å². The number of hydrogen-bond donors (Lipinski definition) is 3. The summed E-state index contributed by atoms with van der Waals surface area (Å²) in [5.41, 5.74) is 2.03. The summed E-state index contributed by atoms with van der Waals surface area (Å²) in [6.07, 6.45) is 3.33. The zero-order chi connectivity index (χ0) is 26.7. The Kier molecular flexibility index (Phi) is 7.87. The van der Waals surface area contributed by atoms with Crippen molar-refractivity contribution < 1.29 is 19.1 Å². The third-order valence-electron chi connectivity index (χ3n) is 6.26. The number of amides is 3. The lowest BCUT2D eigenvalue weighted by Gasteiger charge is -2.28. The number of likely N-dealkylation sites (tertiary alicyclic amines) is 1. The molecule has 1 fully saturated rings. The number of benzene rings is 1. The van der Waals surface area contributed by atoms with Crippen LogP contribution in [0.3, 0.4) is 0 Å². The standard InChI is InChI=1S/C27H32BrN5O4/c1-16(24(34)30-12-19-11-20-21(28)13-29-14-22(20)32-19)31-25(35)23-10-18(17-8-6-5-7-9-17)15-33(23)26(36)37-27(2,3)4/h5-9,11,13-14,16,18,23,32H,10,12,15H2,1-4H3,(H,30,34)(H,31,35)/t16-,18-,23+/m0/s1. The molecule has 3 aromatic rings. The van der Waals surface area contributed by atoms with Crippen molar-refractivity contribution >= 4 is 44.7 Å². The molecule has 3 amide bonds. The molecule has 1 saturated heterocycles. The molecular weight excluding hydrogens is 538 g/mol. The fourth-order valence-electron chi connectivity index (χ4n) is 4.45. The smallest absolute Gasteiger partial charge is 0.410 e. The second-order valence-electron chi connectivity index (χ2n) is 10.3. The number of H-pyrrole nitrogens is 1. The number of carbonyl (C=O) groups is 3. The Labute approximate surface area is 224 Å². The van der Waals surface area contributed by atoms with Gasteiger partial charge in [-0.2, -0.15) is 0 Å². The predicted molar refractivity (Wildman–Crippen MR) is 144 cm³/mol. The average molecular weight is 570 g/mol. The first-order chi connectivity index (χ1) is 17.5. The van der Waals surface area contributed by atoms with Gasteiger partial charge in [-0.1, -0.05) is 30.3 Å². The first kappa shape index (κ1) is 26.7. The third kappa shape index (κ3) is 6.49. The summed E-state index contributed by atoms with van der Waals surface area (Å²) in [7, 11) is 0. The fraction of sp³-hybridized carbons (Fsp3) is 0.407. The van der Waals surface area contributed by atoms with Gasteiger partial charge in [-0.3, -0.25) is 19.5 Å². The first-order valence-corrected chi connectivity index (χ1v) is 13.0. The summed E-state index contributed by atoms with van der Waals surface area (Å²) in [6, 6.07) is 10.2. The summed E-state index contributed by atoms with van der Waals surface area (Å²) in [6.45, 7) is 7.63. The molecule has 0 aliphatic carbocycles. The van der Waals surface area contributed by atoms with Crippen LogP contribution in [0.25, 0.3) is 10.9 Å². The molecule has 3 heterocycles. The van der Waals surface area contributed by atoms with Crippen molar-refractivity contribution in [2.24, 2.45) is 0 Å². The molecule has 2 aromatic heterocycles. The molecule has 0 saturated carbocycles. The lowest BCUT2D eigenvalue weighted by atomic mass is 9.96. The predicted octanol–water partition coefficient (Wildman–Crippen LogP) is 4.24. The monoisotopic (exact) mass is 569 g/mol. The van der Waals surface area contributed by atoms with Crippen LogP contribution in [0.4, 0.5) is 4.79 Å². The van der Waals surface area contributed by atoms with Crippen molar-refractivity contribution in [1.29, 1.82) is 0 Å². The number of ether oxygens (including phenoxy) is 1. The lowest BCUT2D eigenvalue weighted by molar-refractivity contribution is -0.131. The highest BCUT2D eigenvalue weighted by Gasteiger charge is 2.42. The molecule has 196 valence electrons. The van der Waals surface area contributed by atoms with Crippen LogP contribution in [0.2, 0.25) is 0 Å². The highest BCUT2D eigenvalue weighted by molar-refractivity contribution is 9.10. The van der Waals surface area contributed by atoms with Gasteiger partial charge in [-0.15, -0.1) is 0 Å². The molecule has 0 bridgehead atoms. The summed E-state index contributed by atoms with van der Waals surface area (Å²) in [4.78, 5) is 47.8. The SMILES string of the molecule is C[C@H](NC(=O)[C@H]1C[C@H](c2ccccc2)CN1C(=O)OC(C)(C)C)C(=O)NCc1cc2c(Br)cncc2[nH]1. The van der Waals surface area contributed by atoms with Crippen LogP contribution in [0.1, 0.15) is 51.3 Å². The van der Waals surface area contributed by atoms with E-state index >= 15 is 0 Å². The van der Waals surface area contributed by atoms with Gasteiger partial charge in [0, 0.05) is 34.2 Å². The van der Waals surface area contributed by atoms with Crippen LogP contribution in [0.5, 0.6) is 0 Å². The highest BCUT2D eigenvalue weighted by Crippen LogP contribution is 2.33. The van der Waals surface area contributed by atoms with Gasteiger partial charge in [0.15, 0.2) is 0 Å². The molecule has 1 aromatic carbocycles. The lowest BCUT2D eigenvalue weighted by Crippen LogP contribution is -2.52. The van der Waals surface area contributed by atoms with Gasteiger partial charge in [-0.05, 0) is 61.7 Å². The number of nitrogens with zero attached hydrogens (tertiary/aromatic N) is 2. The topological polar surface area (TPSA) is 116 Å². The number of rotatable bonds is 6. The maximum atomic E-state index is 13.3. The van der Waals surface area contributed by atoms with E-state index in [2.05, 4.69) is 36.5 Å². The molecule has 0 radical (unpaired) electrons. The number of fused-ring (bicyclic) bond motifs is 1. The fourth-order valence-corrected chi connectivity index (χ4v) is 4.90. The maximum Gasteiger partial charge on any atom is 0.410 e. The number of hydrogen-bond acceptors (Lipinski definition) is 5. The molecule has 0 spiro atoms. The molecule has 3 N–H and O–H groups in total. The Hall–Kier alpha value is -3.40. The number of carbonyl (C=O) groups excluding carboxylic acids is 3. The van der Waals surface area contributed by atoms with Crippen LogP contribution in [0, 0.1) is 0 Å². The van der Waals surface area contributed by atoms with E-state index in [0.717, 1.165) is 26.6 Å². The van der Waals surface area contributed by atoms with E-state index in [0.29, 0.717) is 13.0 Å². The summed E-state index contributed by atoms with van der Waals surface area (Å²) < 4.78 is 6.44. The Morgan fingerprint density at radius 1 is 1.22 bits per heavy atom. The van der Waals surface area contributed by atoms with Crippen molar-refractivity contribution in [3.05, 3.63) is 64.5 Å². The van der Waals surface area contributed by atoms with Gasteiger partial charge >= 0.3 is 6.09 Å². The maximum absolute atomic E-state index is 13.3. The van der Waals surface area contributed by atoms with Gasteiger partial charge in [-0.25, -0.2) is 4.79 Å². The van der Waals surface area contributed by atoms with Crippen LogP contribution >= 0.6 is 15.9 Å². The molecule has 1 aliphatic heterocycles. The van der Waals surface area contributed by atoms with Crippen molar-refractivity contribution in [3.8, 4) is 0 Å². The van der Waals surface area contributed by atoms with Gasteiger partial charge in [0.05, 0.1) is 18.3 Å². The molecule has 37 heavy (non-hydrogen) atoms. The van der Waals surface area contributed by atoms with E-state index in [4.69, 9.17) is 4.74 Å². The second kappa shape index (κ2) is 10.9. The molecule has 4 rings (SSSR count). The Morgan fingerprint density at radius 3 is 2.62 bits per heavy atom. The van der Waals surface area contributed by atoms with Crippen LogP contribution in [-0.2, 0) is 20.9 Å². The summed E-state index contributed by atoms with van der Waals surface area (Å²) in [5.74, 6) is -0.720. The van der Waals surface area contributed by atoms with Crippen LogP contribution in [0.15, 0.2) is 53.3 Å². The van der Waals surface area contributed by atoms with Gasteiger partial charge < -0.3 is 20.4 Å². The van der Waals surface area contributed by atoms with Gasteiger partial charge in [0.2, 0.25) is 11.8 Å². The summed E-state index contributed by atoms with van der Waals surface area (Å²) in [5, 5.41) is 6.60.